The number of amides is 2. The van der Waals surface area contributed by atoms with Gasteiger partial charge in [0.05, 0.1) is 19.9 Å². The smallest absolute Gasteiger partial charge is 0.259 e. The highest BCUT2D eigenvalue weighted by atomic mass is 16.5. The van der Waals surface area contributed by atoms with Gasteiger partial charge in [0.1, 0.15) is 0 Å². The lowest BCUT2D eigenvalue weighted by molar-refractivity contribution is -0.126. The van der Waals surface area contributed by atoms with Crippen LogP contribution in [0.1, 0.15) is 76.7 Å². The van der Waals surface area contributed by atoms with Crippen molar-refractivity contribution in [3.63, 3.8) is 0 Å². The van der Waals surface area contributed by atoms with Crippen LogP contribution in [0.25, 0.3) is 0 Å². The van der Waals surface area contributed by atoms with E-state index in [0.29, 0.717) is 17.7 Å². The fourth-order valence-electron chi connectivity index (χ4n) is 2.89. The van der Waals surface area contributed by atoms with Gasteiger partial charge in [-0.2, -0.15) is 5.10 Å². The zero-order valence-electron chi connectivity index (χ0n) is 17.7. The zero-order valence-corrected chi connectivity index (χ0v) is 17.7. The Bertz CT molecular complexity index is 647. The molecule has 0 aliphatic heterocycles. The fourth-order valence-corrected chi connectivity index (χ4v) is 2.89. The number of nitrogens with zero attached hydrogens (tertiary/aromatic N) is 1. The summed E-state index contributed by atoms with van der Waals surface area (Å²) in [6.07, 6.45) is 12.5. The van der Waals surface area contributed by atoms with Crippen LogP contribution in [0.2, 0.25) is 0 Å². The van der Waals surface area contributed by atoms with Crippen molar-refractivity contribution in [2.24, 2.45) is 5.10 Å². The van der Waals surface area contributed by atoms with Crippen molar-refractivity contribution in [3.05, 3.63) is 23.8 Å². The van der Waals surface area contributed by atoms with Gasteiger partial charge < -0.3 is 15.2 Å². The number of phenols is 1. The third-order valence-electron chi connectivity index (χ3n) is 4.60. The number of rotatable bonds is 15. The van der Waals surface area contributed by atoms with Crippen molar-refractivity contribution in [2.45, 2.75) is 71.1 Å². The second-order valence-electron chi connectivity index (χ2n) is 7.05. The second-order valence-corrected chi connectivity index (χ2v) is 7.05. The Morgan fingerprint density at radius 2 is 1.69 bits per heavy atom. The highest BCUT2D eigenvalue weighted by molar-refractivity contribution is 5.88. The number of carbonyl (C=O) groups excluding carboxylic acids is 2. The van der Waals surface area contributed by atoms with Crippen LogP contribution in [0, 0.1) is 0 Å². The van der Waals surface area contributed by atoms with E-state index in [4.69, 9.17) is 4.74 Å². The SMILES string of the molecule is CCCCCCCCCCCC(=O)NCC(=O)NN=Cc1cccc(OC)c1O. The van der Waals surface area contributed by atoms with Gasteiger partial charge in [-0.3, -0.25) is 9.59 Å². The number of hydrogen-bond donors (Lipinski definition) is 3. The maximum absolute atomic E-state index is 11.8. The molecule has 0 saturated heterocycles. The van der Waals surface area contributed by atoms with E-state index in [9.17, 15) is 14.7 Å². The standard InChI is InChI=1S/C22H35N3O4/c1-3-4-5-6-7-8-9-10-11-15-20(26)23-17-21(27)25-24-16-18-13-12-14-19(29-2)22(18)28/h12-14,16,28H,3-11,15,17H2,1-2H3,(H,23,26)(H,25,27). The number of nitrogens with one attached hydrogen (secondary N) is 2. The van der Waals surface area contributed by atoms with Crippen molar-refractivity contribution in [1.29, 1.82) is 0 Å². The first-order chi connectivity index (χ1) is 14.1. The summed E-state index contributed by atoms with van der Waals surface area (Å²) in [6, 6.07) is 4.96. The average Bonchev–Trinajstić information content (AvgIpc) is 2.72. The van der Waals surface area contributed by atoms with Gasteiger partial charge in [0.2, 0.25) is 5.91 Å². The molecule has 0 aromatic heterocycles. The molecule has 0 spiro atoms. The molecule has 0 bridgehead atoms. The van der Waals surface area contributed by atoms with Gasteiger partial charge in [0.25, 0.3) is 5.91 Å². The summed E-state index contributed by atoms with van der Waals surface area (Å²) in [4.78, 5) is 23.5. The quantitative estimate of drug-likeness (QED) is 0.234. The number of hydrazone groups is 1. The van der Waals surface area contributed by atoms with E-state index in [1.54, 1.807) is 18.2 Å². The largest absolute Gasteiger partial charge is 0.504 e. The number of benzene rings is 1. The first-order valence-corrected chi connectivity index (χ1v) is 10.5. The van der Waals surface area contributed by atoms with Crippen molar-refractivity contribution in [1.82, 2.24) is 10.7 Å². The second kappa shape index (κ2) is 15.4. The van der Waals surface area contributed by atoms with Crippen LogP contribution in [-0.2, 0) is 9.59 Å². The first kappa shape index (κ1) is 24.5. The van der Waals surface area contributed by atoms with Crippen LogP contribution in [0.3, 0.4) is 0 Å². The van der Waals surface area contributed by atoms with E-state index < -0.39 is 5.91 Å². The van der Waals surface area contributed by atoms with Gasteiger partial charge in [0.15, 0.2) is 11.5 Å². The molecule has 0 heterocycles. The number of phenolic OH excluding ortho intramolecular Hbond substituents is 1. The van der Waals surface area contributed by atoms with Crippen LogP contribution >= 0.6 is 0 Å². The predicted octanol–water partition coefficient (Wildman–Crippen LogP) is 3.89. The summed E-state index contributed by atoms with van der Waals surface area (Å²) in [5.41, 5.74) is 2.74. The predicted molar refractivity (Wildman–Crippen MR) is 115 cm³/mol. The Morgan fingerprint density at radius 3 is 2.34 bits per heavy atom. The minimum atomic E-state index is -0.427. The summed E-state index contributed by atoms with van der Waals surface area (Å²) in [7, 11) is 1.45. The van der Waals surface area contributed by atoms with E-state index in [-0.39, 0.29) is 18.2 Å². The van der Waals surface area contributed by atoms with Crippen LogP contribution < -0.4 is 15.5 Å². The molecule has 0 saturated carbocycles. The average molecular weight is 406 g/mol. The monoisotopic (exact) mass is 405 g/mol. The number of ether oxygens (including phenoxy) is 1. The molecule has 0 aliphatic carbocycles. The molecule has 1 rings (SSSR count). The zero-order chi connectivity index (χ0) is 21.3. The minimum Gasteiger partial charge on any atom is -0.504 e. The van der Waals surface area contributed by atoms with Gasteiger partial charge >= 0.3 is 0 Å². The molecule has 0 radical (unpaired) electrons. The lowest BCUT2D eigenvalue weighted by Crippen LogP contribution is -2.34. The Hall–Kier alpha value is -2.57. The molecule has 162 valence electrons. The number of methoxy groups -OCH3 is 1. The highest BCUT2D eigenvalue weighted by Gasteiger charge is 2.06. The van der Waals surface area contributed by atoms with Crippen molar-refractivity contribution < 1.29 is 19.4 Å². The Morgan fingerprint density at radius 1 is 1.03 bits per heavy atom. The number of carbonyl (C=O) groups is 2. The molecule has 3 N–H and O–H groups in total. The molecule has 0 atom stereocenters. The molecular formula is C22H35N3O4. The van der Waals surface area contributed by atoms with Gasteiger partial charge in [-0.25, -0.2) is 5.43 Å². The summed E-state index contributed by atoms with van der Waals surface area (Å²) in [5.74, 6) is -0.284. The number of para-hydroxylation sites is 1. The maximum atomic E-state index is 11.8. The van der Waals surface area contributed by atoms with E-state index in [1.807, 2.05) is 0 Å². The molecule has 7 nitrogen and oxygen atoms in total. The Balaban J connectivity index is 2.11. The molecule has 29 heavy (non-hydrogen) atoms. The van der Waals surface area contributed by atoms with E-state index in [1.165, 1.54) is 51.8 Å². The third-order valence-corrected chi connectivity index (χ3v) is 4.60. The van der Waals surface area contributed by atoms with Crippen LogP contribution in [-0.4, -0.2) is 36.8 Å². The fraction of sp³-hybridized carbons (Fsp3) is 0.591. The lowest BCUT2D eigenvalue weighted by Gasteiger charge is -2.06. The normalized spacial score (nSPS) is 10.8. The first-order valence-electron chi connectivity index (χ1n) is 10.5. The summed E-state index contributed by atoms with van der Waals surface area (Å²) >= 11 is 0. The highest BCUT2D eigenvalue weighted by Crippen LogP contribution is 2.27. The van der Waals surface area contributed by atoms with Crippen LogP contribution in [0.5, 0.6) is 11.5 Å². The molecule has 0 aliphatic rings. The summed E-state index contributed by atoms with van der Waals surface area (Å²) in [5, 5.41) is 16.3. The van der Waals surface area contributed by atoms with Gasteiger partial charge in [-0.05, 0) is 18.6 Å². The molecular weight excluding hydrogens is 370 g/mol. The van der Waals surface area contributed by atoms with Crippen molar-refractivity contribution >= 4 is 18.0 Å². The molecule has 2 amide bonds. The Labute approximate surface area is 173 Å². The van der Waals surface area contributed by atoms with E-state index in [2.05, 4.69) is 22.8 Å². The van der Waals surface area contributed by atoms with Crippen molar-refractivity contribution in [2.75, 3.05) is 13.7 Å². The van der Waals surface area contributed by atoms with Gasteiger partial charge in [-0.1, -0.05) is 64.4 Å². The molecule has 1 aromatic rings. The van der Waals surface area contributed by atoms with E-state index in [0.717, 1.165) is 19.3 Å². The molecule has 1 aromatic carbocycles. The topological polar surface area (TPSA) is 100 Å². The number of aromatic hydroxyl groups is 1. The van der Waals surface area contributed by atoms with Crippen LogP contribution in [0.4, 0.5) is 0 Å². The van der Waals surface area contributed by atoms with Gasteiger partial charge in [-0.15, -0.1) is 0 Å². The molecule has 7 heteroatoms. The number of unbranched alkanes of at least 4 members (excludes halogenated alkanes) is 8. The maximum Gasteiger partial charge on any atom is 0.259 e. The van der Waals surface area contributed by atoms with E-state index >= 15 is 0 Å². The number of hydrogen-bond acceptors (Lipinski definition) is 5. The summed E-state index contributed by atoms with van der Waals surface area (Å²) < 4.78 is 5.00. The molecule has 0 fully saturated rings. The lowest BCUT2D eigenvalue weighted by atomic mass is 10.1. The third kappa shape index (κ3) is 11.1. The van der Waals surface area contributed by atoms with Crippen LogP contribution in [0.15, 0.2) is 23.3 Å². The van der Waals surface area contributed by atoms with Crippen molar-refractivity contribution in [3.8, 4) is 11.5 Å². The van der Waals surface area contributed by atoms with Gasteiger partial charge in [0, 0.05) is 12.0 Å². The Kier molecular flexibility index (Phi) is 13.0. The summed E-state index contributed by atoms with van der Waals surface area (Å²) in [6.45, 7) is 2.09. The molecule has 0 unspecified atom stereocenters. The minimum absolute atomic E-state index is 0.0535.